The Labute approximate surface area is 132 Å². The number of hydrogen-bond acceptors (Lipinski definition) is 7. The monoisotopic (exact) mass is 342 g/mol. The summed E-state index contributed by atoms with van der Waals surface area (Å²) in [7, 11) is 0. The maximum absolute atomic E-state index is 12.9. The summed E-state index contributed by atoms with van der Waals surface area (Å²) >= 11 is 8.41. The number of aromatic nitrogens is 5. The minimum atomic E-state index is -0.317. The predicted molar refractivity (Wildman–Crippen MR) is 80.0 cm³/mol. The van der Waals surface area contributed by atoms with Gasteiger partial charge in [-0.05, 0) is 24.3 Å². The van der Waals surface area contributed by atoms with Crippen molar-refractivity contribution < 1.29 is 4.39 Å². The average Bonchev–Trinajstić information content (AvgIpc) is 3.04. The van der Waals surface area contributed by atoms with Crippen LogP contribution in [-0.4, -0.2) is 24.5 Å². The van der Waals surface area contributed by atoms with Gasteiger partial charge in [-0.1, -0.05) is 27.9 Å². The van der Waals surface area contributed by atoms with E-state index in [0.717, 1.165) is 11.5 Å². The van der Waals surface area contributed by atoms with Crippen LogP contribution < -0.4 is 5.84 Å². The normalized spacial score (nSPS) is 11.0. The highest BCUT2D eigenvalue weighted by atomic mass is 35.5. The first kappa shape index (κ1) is 14.2. The summed E-state index contributed by atoms with van der Waals surface area (Å²) in [6, 6.07) is 5.88. The number of benzene rings is 1. The Kier molecular flexibility index (Phi) is 4.04. The van der Waals surface area contributed by atoms with Gasteiger partial charge in [0.05, 0.1) is 0 Å². The first-order valence-electron chi connectivity index (χ1n) is 5.71. The first-order valence-corrected chi connectivity index (χ1v) is 7.85. The molecule has 0 saturated carbocycles. The van der Waals surface area contributed by atoms with Gasteiger partial charge in [-0.25, -0.2) is 9.07 Å². The van der Waals surface area contributed by atoms with Gasteiger partial charge >= 0.3 is 0 Å². The third-order valence-electron chi connectivity index (χ3n) is 2.61. The van der Waals surface area contributed by atoms with E-state index in [1.165, 1.54) is 28.6 Å². The first-order chi connectivity index (χ1) is 10.1. The molecule has 10 heteroatoms. The van der Waals surface area contributed by atoms with Crippen molar-refractivity contribution in [2.75, 3.05) is 5.84 Å². The van der Waals surface area contributed by atoms with Crippen molar-refractivity contribution in [1.29, 1.82) is 0 Å². The van der Waals surface area contributed by atoms with E-state index in [-0.39, 0.29) is 5.82 Å². The van der Waals surface area contributed by atoms with Crippen LogP contribution >= 0.6 is 34.9 Å². The van der Waals surface area contributed by atoms with Crippen LogP contribution in [0.25, 0.3) is 11.4 Å². The lowest BCUT2D eigenvalue weighted by molar-refractivity contribution is 0.628. The fourth-order valence-corrected chi connectivity index (χ4v) is 3.18. The molecule has 0 unspecified atom stereocenters. The van der Waals surface area contributed by atoms with Gasteiger partial charge < -0.3 is 5.84 Å². The zero-order chi connectivity index (χ0) is 14.8. The quantitative estimate of drug-likeness (QED) is 0.579. The van der Waals surface area contributed by atoms with Crippen molar-refractivity contribution in [1.82, 2.24) is 24.5 Å². The average molecular weight is 343 g/mol. The van der Waals surface area contributed by atoms with Crippen LogP contribution in [0, 0.1) is 5.82 Å². The minimum Gasteiger partial charge on any atom is -0.335 e. The summed E-state index contributed by atoms with van der Waals surface area (Å²) in [5.74, 6) is 6.60. The SMILES string of the molecule is Nn1c(SCc2nnsc2Cl)nnc1-c1ccc(F)cc1. The second-order valence-electron chi connectivity index (χ2n) is 3.97. The van der Waals surface area contributed by atoms with Crippen molar-refractivity contribution in [3.05, 3.63) is 40.1 Å². The van der Waals surface area contributed by atoms with Crippen LogP contribution in [0.4, 0.5) is 4.39 Å². The standard InChI is InChI=1S/C11H8ClFN6S2/c12-9-8(15-18-21-9)5-20-11-17-16-10(19(11)14)6-1-3-7(13)4-2-6/h1-4H,5,14H2. The van der Waals surface area contributed by atoms with Crippen molar-refractivity contribution in [3.63, 3.8) is 0 Å². The summed E-state index contributed by atoms with van der Waals surface area (Å²) in [5.41, 5.74) is 1.37. The largest absolute Gasteiger partial charge is 0.335 e. The molecule has 0 spiro atoms. The van der Waals surface area contributed by atoms with E-state index >= 15 is 0 Å². The van der Waals surface area contributed by atoms with E-state index in [2.05, 4.69) is 19.8 Å². The van der Waals surface area contributed by atoms with E-state index in [1.807, 2.05) is 0 Å². The fraction of sp³-hybridized carbons (Fsp3) is 0.0909. The van der Waals surface area contributed by atoms with E-state index in [1.54, 1.807) is 12.1 Å². The Balaban J connectivity index is 1.79. The summed E-state index contributed by atoms with van der Waals surface area (Å²) in [5, 5.41) is 12.5. The molecule has 2 heterocycles. The zero-order valence-electron chi connectivity index (χ0n) is 10.4. The molecular weight excluding hydrogens is 335 g/mol. The molecule has 3 aromatic rings. The summed E-state index contributed by atoms with van der Waals surface area (Å²) < 4.78 is 18.6. The van der Waals surface area contributed by atoms with Crippen molar-refractivity contribution >= 4 is 34.9 Å². The summed E-state index contributed by atoms with van der Waals surface area (Å²) in [4.78, 5) is 0. The van der Waals surface area contributed by atoms with Crippen LogP contribution in [0.15, 0.2) is 29.4 Å². The highest BCUT2D eigenvalue weighted by Gasteiger charge is 2.14. The van der Waals surface area contributed by atoms with E-state index < -0.39 is 0 Å². The smallest absolute Gasteiger partial charge is 0.210 e. The van der Waals surface area contributed by atoms with Gasteiger partial charge in [0.2, 0.25) is 5.16 Å². The Morgan fingerprint density at radius 3 is 2.67 bits per heavy atom. The maximum atomic E-state index is 12.9. The number of nitrogen functional groups attached to an aromatic ring is 1. The highest BCUT2D eigenvalue weighted by Crippen LogP contribution is 2.27. The lowest BCUT2D eigenvalue weighted by Crippen LogP contribution is -2.11. The van der Waals surface area contributed by atoms with E-state index in [0.29, 0.717) is 32.3 Å². The molecule has 21 heavy (non-hydrogen) atoms. The molecule has 3 rings (SSSR count). The Bertz CT molecular complexity index is 756. The molecule has 0 radical (unpaired) electrons. The van der Waals surface area contributed by atoms with Crippen LogP contribution in [-0.2, 0) is 5.75 Å². The van der Waals surface area contributed by atoms with E-state index in [4.69, 9.17) is 17.4 Å². The van der Waals surface area contributed by atoms with Gasteiger partial charge in [-0.3, -0.25) is 0 Å². The predicted octanol–water partition coefficient (Wildman–Crippen LogP) is 2.60. The molecule has 0 saturated heterocycles. The molecule has 6 nitrogen and oxygen atoms in total. The topological polar surface area (TPSA) is 82.5 Å². The number of halogens is 2. The molecule has 1 aromatic carbocycles. The lowest BCUT2D eigenvalue weighted by Gasteiger charge is -2.03. The Morgan fingerprint density at radius 1 is 1.24 bits per heavy atom. The number of thioether (sulfide) groups is 1. The number of nitrogens with zero attached hydrogens (tertiary/aromatic N) is 5. The maximum Gasteiger partial charge on any atom is 0.210 e. The summed E-state index contributed by atoms with van der Waals surface area (Å²) in [6.45, 7) is 0. The highest BCUT2D eigenvalue weighted by molar-refractivity contribution is 7.98. The van der Waals surface area contributed by atoms with Gasteiger partial charge in [0.25, 0.3) is 0 Å². The van der Waals surface area contributed by atoms with Crippen molar-refractivity contribution in [2.45, 2.75) is 10.9 Å². The molecule has 2 aromatic heterocycles. The molecule has 0 amide bonds. The molecule has 0 bridgehead atoms. The number of rotatable bonds is 4. The molecule has 0 atom stereocenters. The van der Waals surface area contributed by atoms with Gasteiger partial charge in [0, 0.05) is 22.8 Å². The molecule has 2 N–H and O–H groups in total. The zero-order valence-corrected chi connectivity index (χ0v) is 12.8. The van der Waals surface area contributed by atoms with E-state index in [9.17, 15) is 4.39 Å². The lowest BCUT2D eigenvalue weighted by atomic mass is 10.2. The molecular formula is C11H8ClFN6S2. The fourth-order valence-electron chi connectivity index (χ4n) is 1.59. The van der Waals surface area contributed by atoms with Crippen LogP contribution in [0.3, 0.4) is 0 Å². The van der Waals surface area contributed by atoms with Crippen molar-refractivity contribution in [3.8, 4) is 11.4 Å². The Hall–Kier alpha value is -1.71. The van der Waals surface area contributed by atoms with Crippen molar-refractivity contribution in [2.24, 2.45) is 0 Å². The molecule has 0 aliphatic rings. The number of nitrogens with two attached hydrogens (primary N) is 1. The summed E-state index contributed by atoms with van der Waals surface area (Å²) in [6.07, 6.45) is 0. The van der Waals surface area contributed by atoms with Gasteiger partial charge in [0.15, 0.2) is 5.82 Å². The second kappa shape index (κ2) is 5.96. The van der Waals surface area contributed by atoms with Crippen LogP contribution in [0.5, 0.6) is 0 Å². The van der Waals surface area contributed by atoms with Crippen LogP contribution in [0.1, 0.15) is 5.69 Å². The van der Waals surface area contributed by atoms with Gasteiger partial charge in [-0.15, -0.1) is 15.3 Å². The molecule has 108 valence electrons. The molecule has 0 aliphatic heterocycles. The second-order valence-corrected chi connectivity index (χ2v) is 6.26. The minimum absolute atomic E-state index is 0.317. The molecule has 0 aliphatic carbocycles. The van der Waals surface area contributed by atoms with Gasteiger partial charge in [0.1, 0.15) is 15.8 Å². The molecule has 0 fully saturated rings. The van der Waals surface area contributed by atoms with Gasteiger partial charge in [-0.2, -0.15) is 0 Å². The third kappa shape index (κ3) is 2.99. The number of hydrogen-bond donors (Lipinski definition) is 1. The third-order valence-corrected chi connectivity index (χ3v) is 4.55. The van der Waals surface area contributed by atoms with Crippen LogP contribution in [0.2, 0.25) is 4.34 Å². The Morgan fingerprint density at radius 2 is 2.00 bits per heavy atom.